The summed E-state index contributed by atoms with van der Waals surface area (Å²) in [7, 11) is 0. The van der Waals surface area contributed by atoms with Crippen LogP contribution in [0.5, 0.6) is 0 Å². The lowest BCUT2D eigenvalue weighted by Gasteiger charge is -2.23. The molecular weight excluding hydrogens is 404 g/mol. The average Bonchev–Trinajstić information content (AvgIpc) is 2.68. The van der Waals surface area contributed by atoms with Gasteiger partial charge in [0.05, 0.1) is 29.6 Å². The number of amides is 1. The number of H-pyrrole nitrogens is 1. The number of ether oxygens (including phenoxy) is 1. The molecule has 0 saturated carbocycles. The summed E-state index contributed by atoms with van der Waals surface area (Å²) in [5, 5.41) is 13.0. The van der Waals surface area contributed by atoms with Gasteiger partial charge in [0, 0.05) is 18.8 Å². The monoisotopic (exact) mass is 434 g/mol. The smallest absolute Gasteiger partial charge is 0.329 e. The van der Waals surface area contributed by atoms with Crippen molar-refractivity contribution >= 4 is 22.9 Å². The number of nitrogens with zero attached hydrogens (tertiary/aromatic N) is 2. The van der Waals surface area contributed by atoms with Crippen LogP contribution in [-0.2, 0) is 16.1 Å². The largest absolute Gasteiger partial charge is 0.466 e. The minimum atomic E-state index is -1.54. The minimum Gasteiger partial charge on any atom is -0.466 e. The van der Waals surface area contributed by atoms with Crippen LogP contribution in [0.1, 0.15) is 69.4 Å². The van der Waals surface area contributed by atoms with Gasteiger partial charge >= 0.3 is 11.7 Å². The molecule has 1 atom stereocenters. The van der Waals surface area contributed by atoms with Crippen LogP contribution in [0.2, 0.25) is 0 Å². The van der Waals surface area contributed by atoms with Gasteiger partial charge in [-0.15, -0.1) is 0 Å². The van der Waals surface area contributed by atoms with Gasteiger partial charge in [0.15, 0.2) is 5.65 Å². The highest BCUT2D eigenvalue weighted by Gasteiger charge is 2.27. The number of esters is 1. The normalized spacial score (nSPS) is 13.3. The van der Waals surface area contributed by atoms with Crippen LogP contribution in [0.25, 0.3) is 11.0 Å². The number of aryl methyl sites for hydroxylation is 1. The highest BCUT2D eigenvalue weighted by atomic mass is 16.5. The van der Waals surface area contributed by atoms with Gasteiger partial charge in [0.25, 0.3) is 11.5 Å². The van der Waals surface area contributed by atoms with E-state index in [0.717, 1.165) is 0 Å². The van der Waals surface area contributed by atoms with Crippen molar-refractivity contribution in [1.29, 1.82) is 0 Å². The fraction of sp³-hybridized carbons (Fsp3) is 0.571. The van der Waals surface area contributed by atoms with E-state index in [0.29, 0.717) is 18.7 Å². The fourth-order valence-electron chi connectivity index (χ4n) is 3.15. The standard InChI is InChI=1S/C21H30N4O6/c1-6-8-25-17-16(19(28)24-20(25)29)13(9-14(23-17)12(3)4)18(27)22-11-21(5,30)10-15(26)31-7-2/h9,12,30H,6-8,10-11H2,1-5H3,(H,22,27)(H,24,28,29). The summed E-state index contributed by atoms with van der Waals surface area (Å²) >= 11 is 0. The number of aromatic nitrogens is 3. The molecule has 2 aromatic heterocycles. The second-order valence-electron chi connectivity index (χ2n) is 8.02. The first kappa shape index (κ1) is 24.3. The fourth-order valence-corrected chi connectivity index (χ4v) is 3.15. The van der Waals surface area contributed by atoms with Gasteiger partial charge in [-0.2, -0.15) is 0 Å². The molecule has 0 saturated heterocycles. The summed E-state index contributed by atoms with van der Waals surface area (Å²) in [5.41, 5.74) is -2.10. The first-order valence-corrected chi connectivity index (χ1v) is 10.3. The lowest BCUT2D eigenvalue weighted by atomic mass is 10.0. The van der Waals surface area contributed by atoms with Gasteiger partial charge in [0.2, 0.25) is 0 Å². The van der Waals surface area contributed by atoms with Gasteiger partial charge < -0.3 is 15.2 Å². The summed E-state index contributed by atoms with van der Waals surface area (Å²) in [6, 6.07) is 1.51. The molecule has 0 aliphatic rings. The van der Waals surface area contributed by atoms with Crippen molar-refractivity contribution in [3.05, 3.63) is 38.2 Å². The van der Waals surface area contributed by atoms with Gasteiger partial charge in [-0.3, -0.25) is 23.9 Å². The first-order chi connectivity index (χ1) is 14.5. The van der Waals surface area contributed by atoms with Crippen LogP contribution in [-0.4, -0.2) is 50.3 Å². The Bertz CT molecular complexity index is 1080. The van der Waals surface area contributed by atoms with E-state index in [2.05, 4.69) is 15.3 Å². The molecule has 0 aliphatic carbocycles. The van der Waals surface area contributed by atoms with Crippen molar-refractivity contribution in [3.63, 3.8) is 0 Å². The topological polar surface area (TPSA) is 143 Å². The van der Waals surface area contributed by atoms with Crippen molar-refractivity contribution in [2.75, 3.05) is 13.2 Å². The van der Waals surface area contributed by atoms with Crippen molar-refractivity contribution in [2.45, 2.75) is 65.5 Å². The van der Waals surface area contributed by atoms with E-state index in [1.807, 2.05) is 20.8 Å². The number of aliphatic hydroxyl groups is 1. The Balaban J connectivity index is 2.49. The van der Waals surface area contributed by atoms with Gasteiger partial charge in [0.1, 0.15) is 0 Å². The van der Waals surface area contributed by atoms with E-state index in [4.69, 9.17) is 4.74 Å². The first-order valence-electron chi connectivity index (χ1n) is 10.3. The number of fused-ring (bicyclic) bond motifs is 1. The molecule has 3 N–H and O–H groups in total. The zero-order chi connectivity index (χ0) is 23.3. The third-order valence-corrected chi connectivity index (χ3v) is 4.71. The Labute approximate surface area is 179 Å². The number of hydrogen-bond donors (Lipinski definition) is 3. The average molecular weight is 434 g/mol. The van der Waals surface area contributed by atoms with E-state index in [1.165, 1.54) is 17.6 Å². The Morgan fingerprint density at radius 1 is 1.32 bits per heavy atom. The van der Waals surface area contributed by atoms with Crippen LogP contribution in [0.4, 0.5) is 0 Å². The highest BCUT2D eigenvalue weighted by molar-refractivity contribution is 6.05. The molecule has 0 aromatic carbocycles. The second kappa shape index (κ2) is 9.86. The molecule has 0 spiro atoms. The molecule has 10 heteroatoms. The SMILES string of the molecule is CCCn1c(=O)[nH]c(=O)c2c(C(=O)NCC(C)(O)CC(=O)OCC)cc(C(C)C)nc21. The van der Waals surface area contributed by atoms with Gasteiger partial charge in [-0.05, 0) is 32.3 Å². The predicted octanol–water partition coefficient (Wildman–Crippen LogP) is 1.05. The van der Waals surface area contributed by atoms with Crippen molar-refractivity contribution in [1.82, 2.24) is 19.9 Å². The number of nitrogens with one attached hydrogen (secondary N) is 2. The van der Waals surface area contributed by atoms with E-state index < -0.39 is 28.7 Å². The molecule has 1 amide bonds. The van der Waals surface area contributed by atoms with Gasteiger partial charge in [-0.25, -0.2) is 9.78 Å². The van der Waals surface area contributed by atoms with E-state index in [9.17, 15) is 24.3 Å². The molecule has 0 bridgehead atoms. The lowest BCUT2D eigenvalue weighted by molar-refractivity contribution is -0.147. The van der Waals surface area contributed by atoms with Crippen LogP contribution in [0, 0.1) is 0 Å². The van der Waals surface area contributed by atoms with Crippen LogP contribution < -0.4 is 16.6 Å². The maximum absolute atomic E-state index is 13.0. The minimum absolute atomic E-state index is 0.0000134. The zero-order valence-electron chi connectivity index (χ0n) is 18.6. The van der Waals surface area contributed by atoms with Crippen LogP contribution in [0.3, 0.4) is 0 Å². The molecule has 0 aliphatic heterocycles. The van der Waals surface area contributed by atoms with Crippen LogP contribution in [0.15, 0.2) is 15.7 Å². The highest BCUT2D eigenvalue weighted by Crippen LogP contribution is 2.20. The quantitative estimate of drug-likeness (QED) is 0.501. The Hall–Kier alpha value is -3.01. The molecule has 2 rings (SSSR count). The molecular formula is C21H30N4O6. The molecule has 31 heavy (non-hydrogen) atoms. The Kier molecular flexibility index (Phi) is 7.72. The summed E-state index contributed by atoms with van der Waals surface area (Å²) in [5.74, 6) is -1.27. The van der Waals surface area contributed by atoms with Crippen LogP contribution >= 0.6 is 0 Å². The van der Waals surface area contributed by atoms with Crippen molar-refractivity contribution < 1.29 is 19.4 Å². The zero-order valence-corrected chi connectivity index (χ0v) is 18.6. The number of aromatic amines is 1. The van der Waals surface area contributed by atoms with E-state index in [-0.39, 0.29) is 42.1 Å². The number of carbonyl (C=O) groups excluding carboxylic acids is 2. The molecule has 2 heterocycles. The molecule has 1 unspecified atom stereocenters. The molecule has 10 nitrogen and oxygen atoms in total. The van der Waals surface area contributed by atoms with E-state index in [1.54, 1.807) is 6.92 Å². The van der Waals surface area contributed by atoms with E-state index >= 15 is 0 Å². The molecule has 0 radical (unpaired) electrons. The van der Waals surface area contributed by atoms with Gasteiger partial charge in [-0.1, -0.05) is 20.8 Å². The summed E-state index contributed by atoms with van der Waals surface area (Å²) in [4.78, 5) is 56.3. The molecule has 170 valence electrons. The molecule has 0 fully saturated rings. The molecule has 2 aromatic rings. The lowest BCUT2D eigenvalue weighted by Crippen LogP contribution is -2.43. The number of pyridine rings is 1. The number of hydrogen-bond acceptors (Lipinski definition) is 7. The van der Waals surface area contributed by atoms with Crippen molar-refractivity contribution in [3.8, 4) is 0 Å². The maximum Gasteiger partial charge on any atom is 0.329 e. The second-order valence-corrected chi connectivity index (χ2v) is 8.02. The summed E-state index contributed by atoms with van der Waals surface area (Å²) < 4.78 is 6.18. The number of carbonyl (C=O) groups is 2. The Morgan fingerprint density at radius 3 is 2.58 bits per heavy atom. The van der Waals surface area contributed by atoms with Crippen molar-refractivity contribution in [2.24, 2.45) is 0 Å². The third-order valence-electron chi connectivity index (χ3n) is 4.71. The third kappa shape index (κ3) is 5.78. The summed E-state index contributed by atoms with van der Waals surface area (Å²) in [6.07, 6.45) is 0.332. The summed E-state index contributed by atoms with van der Waals surface area (Å²) in [6.45, 7) is 8.99. The predicted molar refractivity (Wildman–Crippen MR) is 115 cm³/mol. The number of rotatable bonds is 9. The Morgan fingerprint density at radius 2 is 2.00 bits per heavy atom. The maximum atomic E-state index is 13.0.